The fourth-order valence-corrected chi connectivity index (χ4v) is 3.00. The minimum atomic E-state index is -3.25. The van der Waals surface area contributed by atoms with Crippen LogP contribution in [0.25, 0.3) is 0 Å². The summed E-state index contributed by atoms with van der Waals surface area (Å²) in [4.78, 5) is 0.237. The third-order valence-electron chi connectivity index (χ3n) is 3.13. The second kappa shape index (κ2) is 4.66. The molecule has 1 aliphatic rings. The van der Waals surface area contributed by atoms with Gasteiger partial charge in [0.1, 0.15) is 0 Å². The number of hydrogen-bond donors (Lipinski definition) is 1. The Morgan fingerprint density at radius 3 is 2.53 bits per heavy atom. The lowest BCUT2D eigenvalue weighted by Crippen LogP contribution is -2.14. The van der Waals surface area contributed by atoms with Gasteiger partial charge in [-0.25, -0.2) is 8.42 Å². The van der Waals surface area contributed by atoms with Crippen LogP contribution in [0.5, 0.6) is 0 Å². The second-order valence-corrected chi connectivity index (χ2v) is 6.44. The molecule has 0 atom stereocenters. The Morgan fingerprint density at radius 2 is 1.94 bits per heavy atom. The lowest BCUT2D eigenvalue weighted by Gasteiger charge is -2.23. The molecule has 5 heteroatoms. The SMILES string of the molecule is CS(=O)(=O)c1cc(C2CCOCC2)ccc1N. The molecule has 0 bridgehead atoms. The molecule has 0 unspecified atom stereocenters. The average Bonchev–Trinajstić information content (AvgIpc) is 2.29. The monoisotopic (exact) mass is 255 g/mol. The molecule has 4 nitrogen and oxygen atoms in total. The van der Waals surface area contributed by atoms with Crippen LogP contribution in [-0.4, -0.2) is 27.9 Å². The molecule has 1 aromatic carbocycles. The first-order valence-corrected chi connectivity index (χ1v) is 7.55. The van der Waals surface area contributed by atoms with Crippen molar-refractivity contribution in [3.63, 3.8) is 0 Å². The van der Waals surface area contributed by atoms with Crippen LogP contribution in [0.3, 0.4) is 0 Å². The minimum Gasteiger partial charge on any atom is -0.398 e. The summed E-state index contributed by atoms with van der Waals surface area (Å²) in [5.74, 6) is 0.379. The van der Waals surface area contributed by atoms with E-state index in [0.29, 0.717) is 11.6 Å². The predicted octanol–water partition coefficient (Wildman–Crippen LogP) is 1.57. The van der Waals surface area contributed by atoms with Crippen LogP contribution >= 0.6 is 0 Å². The van der Waals surface area contributed by atoms with Crippen molar-refractivity contribution < 1.29 is 13.2 Å². The maximum absolute atomic E-state index is 11.6. The summed E-state index contributed by atoms with van der Waals surface area (Å²) >= 11 is 0. The van der Waals surface area contributed by atoms with Crippen molar-refractivity contribution >= 4 is 15.5 Å². The first-order valence-electron chi connectivity index (χ1n) is 5.65. The van der Waals surface area contributed by atoms with Gasteiger partial charge in [-0.15, -0.1) is 0 Å². The molecule has 0 saturated carbocycles. The molecule has 2 N–H and O–H groups in total. The minimum absolute atomic E-state index is 0.237. The molecule has 0 aromatic heterocycles. The van der Waals surface area contributed by atoms with Gasteiger partial charge in [0, 0.05) is 19.5 Å². The molecule has 1 heterocycles. The number of rotatable bonds is 2. The van der Waals surface area contributed by atoms with Gasteiger partial charge >= 0.3 is 0 Å². The summed E-state index contributed by atoms with van der Waals surface area (Å²) in [6.07, 6.45) is 3.06. The Bertz CT molecular complexity index is 504. The van der Waals surface area contributed by atoms with E-state index in [2.05, 4.69) is 0 Å². The van der Waals surface area contributed by atoms with Gasteiger partial charge in [-0.05, 0) is 36.5 Å². The maximum atomic E-state index is 11.6. The van der Waals surface area contributed by atoms with E-state index < -0.39 is 9.84 Å². The van der Waals surface area contributed by atoms with Gasteiger partial charge in [-0.2, -0.15) is 0 Å². The van der Waals surface area contributed by atoms with Crippen LogP contribution in [0, 0.1) is 0 Å². The Hall–Kier alpha value is -1.07. The van der Waals surface area contributed by atoms with Gasteiger partial charge in [0.2, 0.25) is 0 Å². The topological polar surface area (TPSA) is 69.4 Å². The molecule has 94 valence electrons. The molecular formula is C12H17NO3S. The van der Waals surface area contributed by atoms with Crippen molar-refractivity contribution in [3.05, 3.63) is 23.8 Å². The summed E-state index contributed by atoms with van der Waals surface area (Å²) in [6, 6.07) is 5.31. The Morgan fingerprint density at radius 1 is 1.29 bits per heavy atom. The molecule has 0 amide bonds. The Labute approximate surface area is 102 Å². The highest BCUT2D eigenvalue weighted by atomic mass is 32.2. The smallest absolute Gasteiger partial charge is 0.177 e. The number of nitrogens with two attached hydrogens (primary N) is 1. The molecule has 0 radical (unpaired) electrons. The van der Waals surface area contributed by atoms with Crippen LogP contribution in [0.15, 0.2) is 23.1 Å². The number of benzene rings is 1. The van der Waals surface area contributed by atoms with E-state index in [-0.39, 0.29) is 4.90 Å². The quantitative estimate of drug-likeness (QED) is 0.814. The maximum Gasteiger partial charge on any atom is 0.177 e. The Kier molecular flexibility index (Phi) is 3.40. The predicted molar refractivity (Wildman–Crippen MR) is 66.8 cm³/mol. The van der Waals surface area contributed by atoms with E-state index in [1.165, 1.54) is 6.26 Å². The van der Waals surface area contributed by atoms with E-state index in [4.69, 9.17) is 10.5 Å². The zero-order valence-electron chi connectivity index (χ0n) is 9.85. The molecule has 1 fully saturated rings. The first kappa shape index (κ1) is 12.4. The third kappa shape index (κ3) is 2.79. The number of sulfone groups is 1. The van der Waals surface area contributed by atoms with Crippen molar-refractivity contribution in [1.82, 2.24) is 0 Å². The van der Waals surface area contributed by atoms with Gasteiger partial charge in [-0.1, -0.05) is 6.07 Å². The summed E-state index contributed by atoms with van der Waals surface area (Å²) in [5.41, 5.74) is 7.07. The Balaban J connectivity index is 2.37. The van der Waals surface area contributed by atoms with Gasteiger partial charge < -0.3 is 10.5 Å². The van der Waals surface area contributed by atoms with E-state index in [9.17, 15) is 8.42 Å². The molecule has 2 rings (SSSR count). The normalized spacial score (nSPS) is 18.2. The molecular weight excluding hydrogens is 238 g/mol. The van der Waals surface area contributed by atoms with Crippen molar-refractivity contribution in [3.8, 4) is 0 Å². The van der Waals surface area contributed by atoms with Crippen molar-refractivity contribution in [2.24, 2.45) is 0 Å². The van der Waals surface area contributed by atoms with Gasteiger partial charge in [0.15, 0.2) is 9.84 Å². The zero-order chi connectivity index (χ0) is 12.5. The fourth-order valence-electron chi connectivity index (χ4n) is 2.16. The molecule has 1 aliphatic heterocycles. The number of nitrogen functional groups attached to an aromatic ring is 1. The van der Waals surface area contributed by atoms with Gasteiger partial charge in [0.05, 0.1) is 10.6 Å². The summed E-state index contributed by atoms with van der Waals surface area (Å²) in [5, 5.41) is 0. The number of hydrogen-bond acceptors (Lipinski definition) is 4. The summed E-state index contributed by atoms with van der Waals surface area (Å²) in [6.45, 7) is 1.48. The fraction of sp³-hybridized carbons (Fsp3) is 0.500. The average molecular weight is 255 g/mol. The van der Waals surface area contributed by atoms with E-state index >= 15 is 0 Å². The van der Waals surface area contributed by atoms with Crippen molar-refractivity contribution in [2.45, 2.75) is 23.7 Å². The van der Waals surface area contributed by atoms with Gasteiger partial charge in [0.25, 0.3) is 0 Å². The highest BCUT2D eigenvalue weighted by Gasteiger charge is 2.19. The number of ether oxygens (including phenoxy) is 1. The highest BCUT2D eigenvalue weighted by molar-refractivity contribution is 7.90. The van der Waals surface area contributed by atoms with E-state index in [0.717, 1.165) is 31.6 Å². The largest absolute Gasteiger partial charge is 0.398 e. The molecule has 0 spiro atoms. The molecule has 1 aromatic rings. The lowest BCUT2D eigenvalue weighted by molar-refractivity contribution is 0.0853. The summed E-state index contributed by atoms with van der Waals surface area (Å²) in [7, 11) is -3.25. The van der Waals surface area contributed by atoms with Crippen LogP contribution in [-0.2, 0) is 14.6 Å². The lowest BCUT2D eigenvalue weighted by atomic mass is 9.92. The van der Waals surface area contributed by atoms with E-state index in [1.807, 2.05) is 6.07 Å². The zero-order valence-corrected chi connectivity index (χ0v) is 10.7. The van der Waals surface area contributed by atoms with Gasteiger partial charge in [-0.3, -0.25) is 0 Å². The number of anilines is 1. The molecule has 17 heavy (non-hydrogen) atoms. The van der Waals surface area contributed by atoms with Crippen LogP contribution in [0.1, 0.15) is 24.3 Å². The van der Waals surface area contributed by atoms with Crippen molar-refractivity contribution in [2.75, 3.05) is 25.2 Å². The standard InChI is InChI=1S/C12H17NO3S/c1-17(14,15)12-8-10(2-3-11(12)13)9-4-6-16-7-5-9/h2-3,8-9H,4-7,13H2,1H3. The molecule has 1 saturated heterocycles. The summed E-state index contributed by atoms with van der Waals surface area (Å²) < 4.78 is 28.5. The molecule has 0 aliphatic carbocycles. The van der Waals surface area contributed by atoms with Crippen LogP contribution < -0.4 is 5.73 Å². The highest BCUT2D eigenvalue weighted by Crippen LogP contribution is 2.30. The second-order valence-electron chi connectivity index (χ2n) is 4.46. The third-order valence-corrected chi connectivity index (χ3v) is 4.28. The van der Waals surface area contributed by atoms with Crippen LogP contribution in [0.2, 0.25) is 0 Å². The first-order chi connectivity index (χ1) is 7.98. The van der Waals surface area contributed by atoms with Crippen LogP contribution in [0.4, 0.5) is 5.69 Å². The van der Waals surface area contributed by atoms with Crippen molar-refractivity contribution in [1.29, 1.82) is 0 Å². The van der Waals surface area contributed by atoms with E-state index in [1.54, 1.807) is 12.1 Å².